The predicted molar refractivity (Wildman–Crippen MR) is 170 cm³/mol. The number of aryl methyl sites for hydroxylation is 1. The number of rotatable bonds is 2. The van der Waals surface area contributed by atoms with E-state index in [0.29, 0.717) is 0 Å². The average molecular weight is 511 g/mol. The third-order valence-electron chi connectivity index (χ3n) is 8.76. The number of aromatic nitrogens is 2. The number of hydrogen-bond acceptors (Lipinski definition) is 0. The summed E-state index contributed by atoms with van der Waals surface area (Å²) in [4.78, 5) is 0. The lowest BCUT2D eigenvalue weighted by Gasteiger charge is -2.21. The molecule has 0 saturated carbocycles. The van der Waals surface area contributed by atoms with E-state index in [1.54, 1.807) is 0 Å². The summed E-state index contributed by atoms with van der Waals surface area (Å²) < 4.78 is 5.02. The van der Waals surface area contributed by atoms with E-state index in [2.05, 4.69) is 143 Å². The number of fused-ring (bicyclic) bond motifs is 8. The Morgan fingerprint density at radius 3 is 1.32 bits per heavy atom. The molecule has 0 radical (unpaired) electrons. The van der Waals surface area contributed by atoms with Crippen molar-refractivity contribution in [1.82, 2.24) is 9.13 Å². The largest absolute Gasteiger partial charge is 0.308 e. The Kier molecular flexibility index (Phi) is 4.48. The Labute approximate surface area is 232 Å². The Morgan fingerprint density at radius 2 is 0.800 bits per heavy atom. The molecule has 6 aromatic carbocycles. The summed E-state index contributed by atoms with van der Waals surface area (Å²) in [5, 5.41) is 8.97. The summed E-state index contributed by atoms with van der Waals surface area (Å²) in [5.74, 6) is 0. The van der Waals surface area contributed by atoms with Crippen molar-refractivity contribution in [3.05, 3.63) is 139 Å². The van der Waals surface area contributed by atoms with Crippen LogP contribution in [-0.4, -0.2) is 9.13 Å². The first kappa shape index (κ1) is 21.8. The molecule has 8 aromatic rings. The van der Waals surface area contributed by atoms with E-state index < -0.39 is 0 Å². The number of hydrogen-bond donors (Lipinski definition) is 0. The van der Waals surface area contributed by atoms with Gasteiger partial charge in [-0.25, -0.2) is 0 Å². The van der Waals surface area contributed by atoms with Gasteiger partial charge >= 0.3 is 0 Å². The molecule has 0 atom stereocenters. The second kappa shape index (κ2) is 8.21. The van der Waals surface area contributed by atoms with E-state index >= 15 is 0 Å². The Hall–Kier alpha value is -5.08. The highest BCUT2D eigenvalue weighted by molar-refractivity contribution is 6.18. The maximum absolute atomic E-state index is 2.53. The molecular formula is C38H26N2. The van der Waals surface area contributed by atoms with Gasteiger partial charge in [-0.1, -0.05) is 109 Å². The van der Waals surface area contributed by atoms with Crippen molar-refractivity contribution in [1.29, 1.82) is 0 Å². The van der Waals surface area contributed by atoms with Crippen molar-refractivity contribution in [2.75, 3.05) is 0 Å². The van der Waals surface area contributed by atoms with Crippen LogP contribution in [-0.2, 0) is 6.42 Å². The number of nitrogens with zero attached hydrogens (tertiary/aromatic N) is 2. The average Bonchev–Trinajstić information content (AvgIpc) is 3.53. The van der Waals surface area contributed by atoms with Gasteiger partial charge in [-0.2, -0.15) is 0 Å². The normalized spacial score (nSPS) is 13.2. The van der Waals surface area contributed by atoms with E-state index in [1.165, 1.54) is 76.9 Å². The monoisotopic (exact) mass is 510 g/mol. The minimum Gasteiger partial charge on any atom is -0.308 e. The molecule has 0 saturated heterocycles. The Bertz CT molecular complexity index is 2220. The zero-order valence-corrected chi connectivity index (χ0v) is 22.0. The smallest absolute Gasteiger partial charge is 0.0620 e. The van der Waals surface area contributed by atoms with Crippen molar-refractivity contribution in [3.63, 3.8) is 0 Å². The van der Waals surface area contributed by atoms with Crippen LogP contribution in [0.5, 0.6) is 0 Å². The minimum absolute atomic E-state index is 1.08. The molecular weight excluding hydrogens is 484 g/mol. The molecule has 2 aromatic heterocycles. The zero-order chi connectivity index (χ0) is 26.2. The van der Waals surface area contributed by atoms with Crippen molar-refractivity contribution >= 4 is 60.3 Å². The highest BCUT2D eigenvalue weighted by atomic mass is 15.0. The maximum atomic E-state index is 2.53. The highest BCUT2D eigenvalue weighted by Gasteiger charge is 2.24. The molecule has 0 N–H and O–H groups in total. The SMILES string of the molecule is C1=Cc2c(c3ccccc3n2-c2c3ccccc3c(-n3c4ccccc4c4ccccc43)c3ccccc23)CC1. The molecule has 188 valence electrons. The number of allylic oxidation sites excluding steroid dienone is 1. The lowest BCUT2D eigenvalue weighted by atomic mass is 9.97. The van der Waals surface area contributed by atoms with Gasteiger partial charge in [-0.15, -0.1) is 0 Å². The minimum atomic E-state index is 1.08. The van der Waals surface area contributed by atoms with Crippen molar-refractivity contribution in [2.45, 2.75) is 12.8 Å². The lowest BCUT2D eigenvalue weighted by Crippen LogP contribution is -2.05. The number of benzene rings is 6. The third kappa shape index (κ3) is 2.83. The van der Waals surface area contributed by atoms with Gasteiger partial charge in [0, 0.05) is 43.4 Å². The topological polar surface area (TPSA) is 9.86 Å². The van der Waals surface area contributed by atoms with E-state index in [4.69, 9.17) is 0 Å². The van der Waals surface area contributed by atoms with Gasteiger partial charge in [0.05, 0.1) is 27.9 Å². The van der Waals surface area contributed by atoms with Crippen LogP contribution in [0.15, 0.2) is 127 Å². The second-order valence-electron chi connectivity index (χ2n) is 10.8. The van der Waals surface area contributed by atoms with Crippen LogP contribution < -0.4 is 0 Å². The van der Waals surface area contributed by atoms with E-state index in [1.807, 2.05) is 0 Å². The van der Waals surface area contributed by atoms with Crippen LogP contribution in [0.1, 0.15) is 17.7 Å². The molecule has 2 heterocycles. The van der Waals surface area contributed by atoms with Crippen LogP contribution >= 0.6 is 0 Å². The van der Waals surface area contributed by atoms with E-state index in [9.17, 15) is 0 Å². The predicted octanol–water partition coefficient (Wildman–Crippen LogP) is 9.99. The summed E-state index contributed by atoms with van der Waals surface area (Å²) in [7, 11) is 0. The maximum Gasteiger partial charge on any atom is 0.0620 e. The molecule has 9 rings (SSSR count). The highest BCUT2D eigenvalue weighted by Crippen LogP contribution is 2.44. The molecule has 40 heavy (non-hydrogen) atoms. The fourth-order valence-corrected chi connectivity index (χ4v) is 7.16. The summed E-state index contributed by atoms with van der Waals surface area (Å²) in [5.41, 5.74) is 9.02. The van der Waals surface area contributed by atoms with Gasteiger partial charge < -0.3 is 9.13 Å². The molecule has 1 aliphatic rings. The van der Waals surface area contributed by atoms with Gasteiger partial charge in [0.15, 0.2) is 0 Å². The van der Waals surface area contributed by atoms with Crippen LogP contribution in [0.3, 0.4) is 0 Å². The molecule has 0 spiro atoms. The van der Waals surface area contributed by atoms with Crippen molar-refractivity contribution in [2.24, 2.45) is 0 Å². The van der Waals surface area contributed by atoms with Crippen molar-refractivity contribution in [3.8, 4) is 11.4 Å². The van der Waals surface area contributed by atoms with Gasteiger partial charge in [0.1, 0.15) is 0 Å². The number of para-hydroxylation sites is 3. The fraction of sp³-hybridized carbons (Fsp3) is 0.0526. The Balaban J connectivity index is 1.52. The molecule has 2 nitrogen and oxygen atoms in total. The molecule has 0 bridgehead atoms. The standard InChI is InChI=1S/C38H26N2/c1-2-18-30-29(17-1)37(39-33-21-9-5-13-25(33)26-14-6-10-22-34(26)39)31-19-3-4-20-32(31)38(30)40-35-23-11-7-15-27(35)28-16-8-12-24-36(28)40/h1-7,9-15,17-24H,8,16H2. The summed E-state index contributed by atoms with van der Waals surface area (Å²) in [6, 6.07) is 44.5. The second-order valence-corrected chi connectivity index (χ2v) is 10.8. The third-order valence-corrected chi connectivity index (χ3v) is 8.76. The fourth-order valence-electron chi connectivity index (χ4n) is 7.16. The van der Waals surface area contributed by atoms with Gasteiger partial charge in [-0.3, -0.25) is 0 Å². The lowest BCUT2D eigenvalue weighted by molar-refractivity contribution is 0.971. The molecule has 0 aliphatic heterocycles. The van der Waals surface area contributed by atoms with Crippen LogP contribution in [0, 0.1) is 0 Å². The summed E-state index contributed by atoms with van der Waals surface area (Å²) in [6.45, 7) is 0. The van der Waals surface area contributed by atoms with Crippen molar-refractivity contribution < 1.29 is 0 Å². The molecule has 0 unspecified atom stereocenters. The van der Waals surface area contributed by atoms with E-state index in [0.717, 1.165) is 12.8 Å². The summed E-state index contributed by atoms with van der Waals surface area (Å²) >= 11 is 0. The van der Waals surface area contributed by atoms with E-state index in [-0.39, 0.29) is 0 Å². The molecule has 0 fully saturated rings. The van der Waals surface area contributed by atoms with Gasteiger partial charge in [0.2, 0.25) is 0 Å². The Morgan fingerprint density at radius 1 is 0.400 bits per heavy atom. The quantitative estimate of drug-likeness (QED) is 0.205. The van der Waals surface area contributed by atoms with Crippen LogP contribution in [0.2, 0.25) is 0 Å². The van der Waals surface area contributed by atoms with Crippen LogP contribution in [0.25, 0.3) is 71.7 Å². The first-order chi connectivity index (χ1) is 19.9. The van der Waals surface area contributed by atoms with Gasteiger partial charge in [0.25, 0.3) is 0 Å². The summed E-state index contributed by atoms with van der Waals surface area (Å²) in [6.07, 6.45) is 6.83. The molecule has 0 amide bonds. The first-order valence-electron chi connectivity index (χ1n) is 14.1. The molecule has 1 aliphatic carbocycles. The molecule has 2 heteroatoms. The first-order valence-corrected chi connectivity index (χ1v) is 14.1. The van der Waals surface area contributed by atoms with Gasteiger partial charge in [-0.05, 0) is 42.7 Å². The van der Waals surface area contributed by atoms with Crippen LogP contribution in [0.4, 0.5) is 0 Å². The zero-order valence-electron chi connectivity index (χ0n) is 22.0.